The Labute approximate surface area is 95.9 Å². The fourth-order valence-corrected chi connectivity index (χ4v) is 2.92. The predicted molar refractivity (Wildman–Crippen MR) is 63.9 cm³/mol. The zero-order valence-corrected chi connectivity index (χ0v) is 10.1. The standard InChI is InChI=1S/C10H17N3O2S/c1-16(14,15)13-6-2-3-10(8-13)12-9-4-5-11-7-9/h4-5,7,10-12H,2-3,6,8H2,1H3. The van der Waals surface area contributed by atoms with Crippen LogP contribution in [0.3, 0.4) is 0 Å². The van der Waals surface area contributed by atoms with E-state index in [1.54, 1.807) is 4.31 Å². The lowest BCUT2D eigenvalue weighted by molar-refractivity contribution is 0.329. The molecule has 1 fully saturated rings. The minimum atomic E-state index is -3.05. The normalized spacial score (nSPS) is 23.2. The first-order valence-corrected chi connectivity index (χ1v) is 7.25. The van der Waals surface area contributed by atoms with Crippen molar-refractivity contribution in [2.24, 2.45) is 0 Å². The number of nitrogens with one attached hydrogen (secondary N) is 2. The van der Waals surface area contributed by atoms with Gasteiger partial charge in [-0.2, -0.15) is 0 Å². The number of sulfonamides is 1. The van der Waals surface area contributed by atoms with Crippen molar-refractivity contribution in [3.63, 3.8) is 0 Å². The Morgan fingerprint density at radius 1 is 1.56 bits per heavy atom. The van der Waals surface area contributed by atoms with E-state index >= 15 is 0 Å². The number of piperidine rings is 1. The molecule has 2 N–H and O–H groups in total. The zero-order chi connectivity index (χ0) is 11.6. The van der Waals surface area contributed by atoms with Gasteiger partial charge in [-0.1, -0.05) is 0 Å². The highest BCUT2D eigenvalue weighted by Crippen LogP contribution is 2.17. The monoisotopic (exact) mass is 243 g/mol. The highest BCUT2D eigenvalue weighted by Gasteiger charge is 2.25. The van der Waals surface area contributed by atoms with Gasteiger partial charge >= 0.3 is 0 Å². The smallest absolute Gasteiger partial charge is 0.211 e. The maximum atomic E-state index is 11.4. The topological polar surface area (TPSA) is 65.2 Å². The highest BCUT2D eigenvalue weighted by atomic mass is 32.2. The summed E-state index contributed by atoms with van der Waals surface area (Å²) in [6.45, 7) is 1.20. The second kappa shape index (κ2) is 4.47. The molecule has 0 aromatic carbocycles. The van der Waals surface area contributed by atoms with Crippen molar-refractivity contribution in [2.45, 2.75) is 18.9 Å². The van der Waals surface area contributed by atoms with E-state index < -0.39 is 10.0 Å². The molecular weight excluding hydrogens is 226 g/mol. The first kappa shape index (κ1) is 11.5. The molecule has 0 aliphatic carbocycles. The molecule has 0 amide bonds. The summed E-state index contributed by atoms with van der Waals surface area (Å²) in [6.07, 6.45) is 6.91. The molecule has 5 nitrogen and oxygen atoms in total. The molecule has 16 heavy (non-hydrogen) atoms. The van der Waals surface area contributed by atoms with Gasteiger partial charge in [-0.15, -0.1) is 0 Å². The molecule has 2 heterocycles. The molecule has 1 unspecified atom stereocenters. The number of hydrogen-bond acceptors (Lipinski definition) is 3. The van der Waals surface area contributed by atoms with E-state index in [2.05, 4.69) is 10.3 Å². The lowest BCUT2D eigenvalue weighted by atomic mass is 10.1. The maximum Gasteiger partial charge on any atom is 0.211 e. The van der Waals surface area contributed by atoms with Crippen molar-refractivity contribution in [1.82, 2.24) is 9.29 Å². The molecular formula is C10H17N3O2S. The lowest BCUT2D eigenvalue weighted by Gasteiger charge is -2.31. The van der Waals surface area contributed by atoms with E-state index in [0.29, 0.717) is 13.1 Å². The van der Waals surface area contributed by atoms with Crippen LogP contribution in [-0.4, -0.2) is 43.1 Å². The van der Waals surface area contributed by atoms with Crippen molar-refractivity contribution in [2.75, 3.05) is 24.7 Å². The van der Waals surface area contributed by atoms with E-state index in [-0.39, 0.29) is 6.04 Å². The van der Waals surface area contributed by atoms with Gasteiger partial charge in [-0.05, 0) is 18.9 Å². The predicted octanol–water partition coefficient (Wildman–Crippen LogP) is 0.851. The van der Waals surface area contributed by atoms with Gasteiger partial charge in [0.25, 0.3) is 0 Å². The van der Waals surface area contributed by atoms with Gasteiger partial charge in [0, 0.05) is 31.5 Å². The summed E-state index contributed by atoms with van der Waals surface area (Å²) in [5, 5.41) is 3.33. The van der Waals surface area contributed by atoms with Crippen LogP contribution in [0.15, 0.2) is 18.5 Å². The lowest BCUT2D eigenvalue weighted by Crippen LogP contribution is -2.44. The van der Waals surface area contributed by atoms with Gasteiger partial charge in [-0.25, -0.2) is 12.7 Å². The number of hydrogen-bond donors (Lipinski definition) is 2. The molecule has 1 aromatic heterocycles. The number of aromatic amines is 1. The Morgan fingerprint density at radius 2 is 2.38 bits per heavy atom. The van der Waals surface area contributed by atoms with Crippen LogP contribution in [0, 0.1) is 0 Å². The molecule has 6 heteroatoms. The van der Waals surface area contributed by atoms with Crippen molar-refractivity contribution in [1.29, 1.82) is 0 Å². The summed E-state index contributed by atoms with van der Waals surface area (Å²) in [4.78, 5) is 2.97. The van der Waals surface area contributed by atoms with Crippen LogP contribution < -0.4 is 5.32 Å². The Kier molecular flexibility index (Phi) is 3.20. The fourth-order valence-electron chi connectivity index (χ4n) is 2.01. The van der Waals surface area contributed by atoms with Crippen LogP contribution in [-0.2, 0) is 10.0 Å². The highest BCUT2D eigenvalue weighted by molar-refractivity contribution is 7.88. The Balaban J connectivity index is 1.97. The van der Waals surface area contributed by atoms with Gasteiger partial charge in [0.05, 0.1) is 11.9 Å². The fraction of sp³-hybridized carbons (Fsp3) is 0.600. The number of aromatic nitrogens is 1. The van der Waals surface area contributed by atoms with Crippen molar-refractivity contribution in [3.8, 4) is 0 Å². The van der Waals surface area contributed by atoms with Gasteiger partial charge in [0.1, 0.15) is 0 Å². The molecule has 90 valence electrons. The van der Waals surface area contributed by atoms with Crippen molar-refractivity contribution < 1.29 is 8.42 Å². The summed E-state index contributed by atoms with van der Waals surface area (Å²) >= 11 is 0. The first-order chi connectivity index (χ1) is 7.55. The Bertz CT molecular complexity index is 427. The van der Waals surface area contributed by atoms with Crippen LogP contribution in [0.1, 0.15) is 12.8 Å². The summed E-state index contributed by atoms with van der Waals surface area (Å²) in [6, 6.07) is 2.15. The molecule has 1 atom stereocenters. The maximum absolute atomic E-state index is 11.4. The van der Waals surface area contributed by atoms with E-state index in [0.717, 1.165) is 18.5 Å². The number of rotatable bonds is 3. The number of H-pyrrole nitrogens is 1. The minimum absolute atomic E-state index is 0.208. The first-order valence-electron chi connectivity index (χ1n) is 5.40. The van der Waals surface area contributed by atoms with Gasteiger partial charge < -0.3 is 10.3 Å². The molecule has 0 radical (unpaired) electrons. The molecule has 1 aliphatic rings. The molecule has 1 aliphatic heterocycles. The van der Waals surface area contributed by atoms with Crippen LogP contribution in [0.25, 0.3) is 0 Å². The molecule has 1 saturated heterocycles. The third-order valence-corrected chi connectivity index (χ3v) is 4.09. The molecule has 0 spiro atoms. The Morgan fingerprint density at radius 3 is 3.00 bits per heavy atom. The number of nitrogens with zero attached hydrogens (tertiary/aromatic N) is 1. The third kappa shape index (κ3) is 2.76. The van der Waals surface area contributed by atoms with Crippen LogP contribution in [0.2, 0.25) is 0 Å². The van der Waals surface area contributed by atoms with Gasteiger partial charge in [0.2, 0.25) is 10.0 Å². The van der Waals surface area contributed by atoms with Crippen LogP contribution in [0.5, 0.6) is 0 Å². The second-order valence-corrected chi connectivity index (χ2v) is 6.19. The van der Waals surface area contributed by atoms with Crippen LogP contribution in [0.4, 0.5) is 5.69 Å². The number of anilines is 1. The summed E-state index contributed by atoms with van der Waals surface area (Å²) < 4.78 is 24.4. The van der Waals surface area contributed by atoms with E-state index in [1.165, 1.54) is 6.26 Å². The second-order valence-electron chi connectivity index (χ2n) is 4.20. The summed E-state index contributed by atoms with van der Waals surface area (Å²) in [5.41, 5.74) is 1.01. The molecule has 2 rings (SSSR count). The van der Waals surface area contributed by atoms with Crippen molar-refractivity contribution in [3.05, 3.63) is 18.5 Å². The van der Waals surface area contributed by atoms with E-state index in [4.69, 9.17) is 0 Å². The molecule has 0 bridgehead atoms. The quantitative estimate of drug-likeness (QED) is 0.827. The molecule has 1 aromatic rings. The van der Waals surface area contributed by atoms with Gasteiger partial charge in [-0.3, -0.25) is 0 Å². The summed E-state index contributed by atoms with van der Waals surface area (Å²) in [5.74, 6) is 0. The largest absolute Gasteiger partial charge is 0.380 e. The SMILES string of the molecule is CS(=O)(=O)N1CCCC(Nc2cc[nH]c2)C1. The van der Waals surface area contributed by atoms with Crippen LogP contribution >= 0.6 is 0 Å². The van der Waals surface area contributed by atoms with Crippen molar-refractivity contribution >= 4 is 15.7 Å². The average molecular weight is 243 g/mol. The van der Waals surface area contributed by atoms with E-state index in [9.17, 15) is 8.42 Å². The average Bonchev–Trinajstić information content (AvgIpc) is 2.70. The van der Waals surface area contributed by atoms with Gasteiger partial charge in [0.15, 0.2) is 0 Å². The summed E-state index contributed by atoms with van der Waals surface area (Å²) in [7, 11) is -3.05. The molecule has 0 saturated carbocycles. The zero-order valence-electron chi connectivity index (χ0n) is 9.31. The minimum Gasteiger partial charge on any atom is -0.380 e. The van der Waals surface area contributed by atoms with E-state index in [1.807, 2.05) is 18.5 Å². The third-order valence-electron chi connectivity index (χ3n) is 2.82. The Hall–Kier alpha value is -1.01.